The normalized spacial score (nSPS) is 36.3. The number of halogens is 2. The van der Waals surface area contributed by atoms with Crippen LogP contribution in [0.5, 0.6) is 0 Å². The Labute approximate surface area is 127 Å². The zero-order valence-corrected chi connectivity index (χ0v) is 12.9. The van der Waals surface area contributed by atoms with E-state index in [0.29, 0.717) is 6.42 Å². The number of esters is 1. The van der Waals surface area contributed by atoms with Crippen LogP contribution in [0.15, 0.2) is 0 Å². The van der Waals surface area contributed by atoms with Gasteiger partial charge in [-0.1, -0.05) is 0 Å². The average Bonchev–Trinajstić information content (AvgIpc) is 2.94. The molecule has 2 N–H and O–H groups in total. The summed E-state index contributed by atoms with van der Waals surface area (Å²) < 4.78 is 85.8. The lowest BCUT2D eigenvalue weighted by Crippen LogP contribution is -2.48. The van der Waals surface area contributed by atoms with Gasteiger partial charge >= 0.3 is 21.3 Å². The number of alkyl halides is 2. The summed E-state index contributed by atoms with van der Waals surface area (Å²) in [6.07, 6.45) is -1.54. The smallest absolute Gasteiger partial charge is 0.454 e. The molecule has 2 fully saturated rings. The topological polar surface area (TPSA) is 127 Å². The fourth-order valence-electron chi connectivity index (χ4n) is 3.20. The Hall–Kier alpha value is -0.690. The van der Waals surface area contributed by atoms with Crippen molar-refractivity contribution < 1.29 is 44.8 Å². The maximum absolute atomic E-state index is 13.2. The van der Waals surface area contributed by atoms with Gasteiger partial charge in [-0.3, -0.25) is 4.55 Å². The molecule has 0 radical (unpaired) electrons. The minimum absolute atomic E-state index is 0.170. The van der Waals surface area contributed by atoms with Crippen LogP contribution >= 0.6 is 0 Å². The van der Waals surface area contributed by atoms with Crippen LogP contribution in [0.3, 0.4) is 0 Å². The zero-order valence-electron chi connectivity index (χ0n) is 11.2. The number of carbonyl (C=O) groups excluding carboxylic acids is 1. The van der Waals surface area contributed by atoms with Gasteiger partial charge < -0.3 is 14.0 Å². The van der Waals surface area contributed by atoms with Gasteiger partial charge in [0.1, 0.15) is 6.10 Å². The highest BCUT2D eigenvalue weighted by molar-refractivity contribution is 7.87. The summed E-state index contributed by atoms with van der Waals surface area (Å²) in [5, 5.41) is -5.70. The first-order valence-corrected chi connectivity index (χ1v) is 8.80. The molecule has 0 spiro atoms. The van der Waals surface area contributed by atoms with E-state index in [0.717, 1.165) is 0 Å². The Morgan fingerprint density at radius 3 is 2.36 bits per heavy atom. The number of fused-ring (bicyclic) bond motifs is 2. The van der Waals surface area contributed by atoms with Crippen LogP contribution in [-0.4, -0.2) is 57.5 Å². The van der Waals surface area contributed by atoms with Crippen molar-refractivity contribution in [3.05, 3.63) is 0 Å². The van der Waals surface area contributed by atoms with Crippen molar-refractivity contribution in [2.75, 3.05) is 7.11 Å². The molecule has 12 heteroatoms. The molecule has 2 saturated carbocycles. The van der Waals surface area contributed by atoms with Crippen LogP contribution < -0.4 is 0 Å². The Morgan fingerprint density at radius 2 is 1.91 bits per heavy atom. The summed E-state index contributed by atoms with van der Waals surface area (Å²) in [7, 11) is -4.72. The van der Waals surface area contributed by atoms with E-state index in [1.165, 1.54) is 7.11 Å². The maximum atomic E-state index is 13.2. The second-order valence-corrected chi connectivity index (χ2v) is 7.89. The third-order valence-corrected chi connectivity index (χ3v) is 6.01. The third kappa shape index (κ3) is 2.77. The molecule has 2 bridgehead atoms. The molecule has 0 heterocycles. The van der Waals surface area contributed by atoms with Gasteiger partial charge in [0.15, 0.2) is 11.1 Å². The molecule has 8 nitrogen and oxygen atoms in total. The maximum Gasteiger partial charge on any atom is 0.465 e. The summed E-state index contributed by atoms with van der Waals surface area (Å²) in [4.78, 5) is 11.3. The number of hydrogen-bond acceptors (Lipinski definition) is 6. The van der Waals surface area contributed by atoms with E-state index in [1.807, 2.05) is 0 Å². The standard InChI is InChI=1S/C10H14F2O8S2/c1-19-8-5-2-4(3-6(5)21(14)15)7(8)20-9(13)10(11,12)22(16,17)18/h4-8H,2-3H2,1H3,(H,14,15)(H,16,17,18). The average molecular weight is 364 g/mol. The van der Waals surface area contributed by atoms with E-state index in [1.54, 1.807) is 0 Å². The Kier molecular flexibility index (Phi) is 4.61. The van der Waals surface area contributed by atoms with Gasteiger partial charge in [0.25, 0.3) is 0 Å². The molecule has 0 saturated heterocycles. The molecule has 6 unspecified atom stereocenters. The second-order valence-electron chi connectivity index (χ2n) is 5.27. The van der Waals surface area contributed by atoms with E-state index in [4.69, 9.17) is 13.8 Å². The molecule has 0 aromatic rings. The zero-order chi connectivity index (χ0) is 16.9. The highest BCUT2D eigenvalue weighted by Gasteiger charge is 2.60. The van der Waals surface area contributed by atoms with Crippen LogP contribution in [0.25, 0.3) is 0 Å². The van der Waals surface area contributed by atoms with Gasteiger partial charge in [0.2, 0.25) is 0 Å². The molecule has 6 atom stereocenters. The van der Waals surface area contributed by atoms with Crippen LogP contribution in [0, 0.1) is 11.8 Å². The van der Waals surface area contributed by atoms with Crippen molar-refractivity contribution in [3.8, 4) is 0 Å². The van der Waals surface area contributed by atoms with Crippen molar-refractivity contribution in [1.82, 2.24) is 0 Å². The first-order valence-electron chi connectivity index (χ1n) is 6.19. The molecule has 2 rings (SSSR count). The molecule has 0 aromatic heterocycles. The molecule has 0 aliphatic heterocycles. The van der Waals surface area contributed by atoms with E-state index >= 15 is 0 Å². The van der Waals surface area contributed by atoms with Gasteiger partial charge in [0.05, 0.1) is 11.4 Å². The minimum atomic E-state index is -5.94. The van der Waals surface area contributed by atoms with Crippen LogP contribution in [0.1, 0.15) is 12.8 Å². The predicted molar refractivity (Wildman–Crippen MR) is 67.9 cm³/mol. The first kappa shape index (κ1) is 17.7. The predicted octanol–water partition coefficient (Wildman–Crippen LogP) is 0.0239. The molecule has 0 amide bonds. The fourth-order valence-corrected chi connectivity index (χ4v) is 4.43. The summed E-state index contributed by atoms with van der Waals surface area (Å²) >= 11 is -2.13. The molecule has 2 aliphatic carbocycles. The summed E-state index contributed by atoms with van der Waals surface area (Å²) in [5.74, 6) is -3.34. The Bertz CT molecular complexity index is 592. The Morgan fingerprint density at radius 1 is 1.32 bits per heavy atom. The fraction of sp³-hybridized carbons (Fsp3) is 0.900. The highest BCUT2D eigenvalue weighted by Crippen LogP contribution is 2.49. The van der Waals surface area contributed by atoms with Gasteiger partial charge in [-0.25, -0.2) is 9.00 Å². The summed E-state index contributed by atoms with van der Waals surface area (Å²) in [6.45, 7) is 0. The molecular weight excluding hydrogens is 350 g/mol. The number of ether oxygens (including phenoxy) is 2. The SMILES string of the molecule is COC1C2CC(CC2S(=O)O)C1OC(=O)C(F)(F)S(=O)(=O)O. The van der Waals surface area contributed by atoms with E-state index in [-0.39, 0.29) is 6.42 Å². The van der Waals surface area contributed by atoms with Gasteiger partial charge in [-0.2, -0.15) is 17.2 Å². The van der Waals surface area contributed by atoms with Crippen molar-refractivity contribution in [1.29, 1.82) is 0 Å². The number of carbonyl (C=O) groups is 1. The van der Waals surface area contributed by atoms with Gasteiger partial charge in [-0.05, 0) is 12.8 Å². The monoisotopic (exact) mass is 364 g/mol. The molecule has 2 aliphatic rings. The quantitative estimate of drug-likeness (QED) is 0.397. The summed E-state index contributed by atoms with van der Waals surface area (Å²) in [6, 6.07) is 0. The number of methoxy groups -OCH3 is 1. The largest absolute Gasteiger partial charge is 0.465 e. The van der Waals surface area contributed by atoms with Crippen LogP contribution in [0.2, 0.25) is 0 Å². The van der Waals surface area contributed by atoms with E-state index < -0.39 is 61.7 Å². The first-order chi connectivity index (χ1) is 10.0. The highest BCUT2D eigenvalue weighted by atomic mass is 32.2. The lowest BCUT2D eigenvalue weighted by molar-refractivity contribution is -0.177. The summed E-state index contributed by atoms with van der Waals surface area (Å²) in [5.41, 5.74) is 0. The third-order valence-electron chi connectivity index (χ3n) is 4.13. The van der Waals surface area contributed by atoms with Gasteiger partial charge in [0, 0.05) is 18.9 Å². The minimum Gasteiger partial charge on any atom is -0.454 e. The van der Waals surface area contributed by atoms with Crippen molar-refractivity contribution in [2.45, 2.75) is 35.6 Å². The van der Waals surface area contributed by atoms with Crippen molar-refractivity contribution in [3.63, 3.8) is 0 Å². The van der Waals surface area contributed by atoms with Crippen LogP contribution in [-0.2, 0) is 35.5 Å². The van der Waals surface area contributed by atoms with Crippen molar-refractivity contribution >= 4 is 27.2 Å². The van der Waals surface area contributed by atoms with E-state index in [2.05, 4.69) is 4.74 Å². The molecule has 0 aromatic carbocycles. The van der Waals surface area contributed by atoms with E-state index in [9.17, 15) is 26.2 Å². The number of hydrogen-bond donors (Lipinski definition) is 2. The van der Waals surface area contributed by atoms with Crippen LogP contribution in [0.4, 0.5) is 8.78 Å². The number of rotatable bonds is 5. The second kappa shape index (κ2) is 5.74. The Balaban J connectivity index is 2.15. The molecule has 22 heavy (non-hydrogen) atoms. The molecular formula is C10H14F2O8S2. The lowest BCUT2D eigenvalue weighted by atomic mass is 9.94. The molecule has 128 valence electrons. The van der Waals surface area contributed by atoms with Gasteiger partial charge in [-0.15, -0.1) is 0 Å². The lowest BCUT2D eigenvalue weighted by Gasteiger charge is -2.33. The van der Waals surface area contributed by atoms with Crippen molar-refractivity contribution in [2.24, 2.45) is 11.8 Å².